The van der Waals surface area contributed by atoms with Gasteiger partial charge in [0.05, 0.1) is 17.4 Å². The van der Waals surface area contributed by atoms with Gasteiger partial charge in [0.1, 0.15) is 0 Å². The van der Waals surface area contributed by atoms with Crippen molar-refractivity contribution in [1.29, 1.82) is 0 Å². The Labute approximate surface area is 125 Å². The number of sulfone groups is 1. The van der Waals surface area contributed by atoms with Crippen LogP contribution >= 0.6 is 0 Å². The molecule has 0 bridgehead atoms. The fraction of sp³-hybridized carbons (Fsp3) is 0.533. The van der Waals surface area contributed by atoms with Gasteiger partial charge in [-0.15, -0.1) is 0 Å². The monoisotopic (exact) mass is 308 g/mol. The van der Waals surface area contributed by atoms with Crippen LogP contribution in [0.15, 0.2) is 24.3 Å². The number of amides is 1. The molecule has 1 aromatic carbocycles. The predicted molar refractivity (Wildman–Crippen MR) is 83.3 cm³/mol. The summed E-state index contributed by atoms with van der Waals surface area (Å²) < 4.78 is 22.8. The summed E-state index contributed by atoms with van der Waals surface area (Å²) in [7, 11) is -3.02. The highest BCUT2D eigenvalue weighted by molar-refractivity contribution is 7.91. The Morgan fingerprint density at radius 2 is 1.81 bits per heavy atom. The zero-order valence-electron chi connectivity index (χ0n) is 11.9. The number of benzene rings is 1. The Bertz CT molecular complexity index is 619. The highest BCUT2D eigenvalue weighted by Crippen LogP contribution is 2.24. The van der Waals surface area contributed by atoms with Gasteiger partial charge in [0, 0.05) is 24.5 Å². The standard InChI is InChI=1S/C15H20N2O3S/c18-15(12-7-10-21(19,20)11-12)16-13-3-5-14(6-4-13)17-8-1-2-9-17/h3-6,12H,1-2,7-11H2,(H,16,18). The van der Waals surface area contributed by atoms with Gasteiger partial charge in [0.2, 0.25) is 5.91 Å². The predicted octanol–water partition coefficient (Wildman–Crippen LogP) is 1.66. The van der Waals surface area contributed by atoms with Crippen LogP contribution in [0, 0.1) is 5.92 Å². The van der Waals surface area contributed by atoms with E-state index in [9.17, 15) is 13.2 Å². The largest absolute Gasteiger partial charge is 0.372 e. The lowest BCUT2D eigenvalue weighted by Gasteiger charge is -2.18. The summed E-state index contributed by atoms with van der Waals surface area (Å²) in [6.07, 6.45) is 2.89. The number of anilines is 2. The maximum atomic E-state index is 12.1. The molecule has 2 fully saturated rings. The first-order chi connectivity index (χ1) is 10.0. The molecule has 0 spiro atoms. The number of hydrogen-bond donors (Lipinski definition) is 1. The van der Waals surface area contributed by atoms with Crippen molar-refractivity contribution in [2.24, 2.45) is 5.92 Å². The van der Waals surface area contributed by atoms with Gasteiger partial charge in [-0.3, -0.25) is 4.79 Å². The van der Waals surface area contributed by atoms with Crippen LogP contribution in [0.1, 0.15) is 19.3 Å². The molecule has 1 atom stereocenters. The molecule has 2 heterocycles. The fourth-order valence-electron chi connectivity index (χ4n) is 2.98. The smallest absolute Gasteiger partial charge is 0.228 e. The van der Waals surface area contributed by atoms with Gasteiger partial charge in [-0.05, 0) is 43.5 Å². The molecule has 114 valence electrons. The minimum absolute atomic E-state index is 0.0231. The van der Waals surface area contributed by atoms with Gasteiger partial charge < -0.3 is 10.2 Å². The second-order valence-electron chi connectivity index (χ2n) is 5.83. The van der Waals surface area contributed by atoms with E-state index in [0.717, 1.165) is 18.8 Å². The molecule has 2 aliphatic heterocycles. The lowest BCUT2D eigenvalue weighted by molar-refractivity contribution is -0.119. The average molecular weight is 308 g/mol. The Hall–Kier alpha value is -1.56. The summed E-state index contributed by atoms with van der Waals surface area (Å²) in [5.74, 6) is -0.498. The zero-order valence-corrected chi connectivity index (χ0v) is 12.7. The summed E-state index contributed by atoms with van der Waals surface area (Å²) in [6, 6.07) is 7.78. The van der Waals surface area contributed by atoms with Crippen molar-refractivity contribution in [3.63, 3.8) is 0 Å². The Balaban J connectivity index is 1.61. The molecule has 1 N–H and O–H groups in total. The molecule has 2 aliphatic rings. The highest BCUT2D eigenvalue weighted by atomic mass is 32.2. The maximum absolute atomic E-state index is 12.1. The normalized spacial score (nSPS) is 24.2. The topological polar surface area (TPSA) is 66.5 Å². The summed E-state index contributed by atoms with van der Waals surface area (Å²) in [6.45, 7) is 2.18. The van der Waals surface area contributed by atoms with Gasteiger partial charge >= 0.3 is 0 Å². The van der Waals surface area contributed by atoms with Crippen molar-refractivity contribution in [3.05, 3.63) is 24.3 Å². The number of hydrogen-bond acceptors (Lipinski definition) is 4. The molecule has 1 aromatic rings. The van der Waals surface area contributed by atoms with Crippen LogP contribution in [0.25, 0.3) is 0 Å². The van der Waals surface area contributed by atoms with E-state index in [4.69, 9.17) is 0 Å². The summed E-state index contributed by atoms with van der Waals surface area (Å²) in [5.41, 5.74) is 1.90. The van der Waals surface area contributed by atoms with Crippen LogP contribution in [0.2, 0.25) is 0 Å². The number of carbonyl (C=O) groups is 1. The second-order valence-corrected chi connectivity index (χ2v) is 8.06. The highest BCUT2D eigenvalue weighted by Gasteiger charge is 2.32. The third kappa shape index (κ3) is 3.37. The molecular weight excluding hydrogens is 288 g/mol. The Morgan fingerprint density at radius 1 is 1.14 bits per heavy atom. The molecule has 2 saturated heterocycles. The van der Waals surface area contributed by atoms with Crippen LogP contribution in [-0.2, 0) is 14.6 Å². The molecule has 0 aromatic heterocycles. The van der Waals surface area contributed by atoms with Crippen molar-refractivity contribution in [2.45, 2.75) is 19.3 Å². The van der Waals surface area contributed by atoms with Crippen LogP contribution in [-0.4, -0.2) is 38.9 Å². The van der Waals surface area contributed by atoms with Gasteiger partial charge in [0.25, 0.3) is 0 Å². The summed E-state index contributed by atoms with van der Waals surface area (Å²) >= 11 is 0. The van der Waals surface area contributed by atoms with Crippen LogP contribution in [0.5, 0.6) is 0 Å². The molecule has 6 heteroatoms. The van der Waals surface area contributed by atoms with E-state index in [1.54, 1.807) is 0 Å². The minimum Gasteiger partial charge on any atom is -0.372 e. The van der Waals surface area contributed by atoms with Crippen molar-refractivity contribution in [3.8, 4) is 0 Å². The molecular formula is C15H20N2O3S. The first kappa shape index (κ1) is 14.4. The number of nitrogens with one attached hydrogen (secondary N) is 1. The van der Waals surface area contributed by atoms with Gasteiger partial charge in [0.15, 0.2) is 9.84 Å². The third-order valence-electron chi connectivity index (χ3n) is 4.21. The maximum Gasteiger partial charge on any atom is 0.228 e. The van der Waals surface area contributed by atoms with E-state index in [1.165, 1.54) is 18.5 Å². The van der Waals surface area contributed by atoms with E-state index in [-0.39, 0.29) is 17.4 Å². The zero-order chi connectivity index (χ0) is 14.9. The summed E-state index contributed by atoms with van der Waals surface area (Å²) in [4.78, 5) is 14.4. The summed E-state index contributed by atoms with van der Waals surface area (Å²) in [5, 5.41) is 2.82. The lowest BCUT2D eigenvalue weighted by Crippen LogP contribution is -2.23. The molecule has 21 heavy (non-hydrogen) atoms. The van der Waals surface area contributed by atoms with Crippen molar-refractivity contribution in [2.75, 3.05) is 34.8 Å². The molecule has 3 rings (SSSR count). The number of rotatable bonds is 3. The number of carbonyl (C=O) groups excluding carboxylic acids is 1. The van der Waals surface area contributed by atoms with E-state index < -0.39 is 15.8 Å². The van der Waals surface area contributed by atoms with Gasteiger partial charge in [-0.2, -0.15) is 0 Å². The van der Waals surface area contributed by atoms with Crippen molar-refractivity contribution >= 4 is 27.1 Å². The fourth-order valence-corrected chi connectivity index (χ4v) is 4.72. The molecule has 0 radical (unpaired) electrons. The number of nitrogens with zero attached hydrogens (tertiary/aromatic N) is 1. The quantitative estimate of drug-likeness (QED) is 0.922. The Kier molecular flexibility index (Phi) is 3.89. The van der Waals surface area contributed by atoms with E-state index in [2.05, 4.69) is 10.2 Å². The molecule has 5 nitrogen and oxygen atoms in total. The van der Waals surface area contributed by atoms with E-state index in [1.807, 2.05) is 24.3 Å². The van der Waals surface area contributed by atoms with E-state index >= 15 is 0 Å². The molecule has 0 aliphatic carbocycles. The average Bonchev–Trinajstić information content (AvgIpc) is 3.09. The second kappa shape index (κ2) is 5.67. The molecule has 0 saturated carbocycles. The third-order valence-corrected chi connectivity index (χ3v) is 5.98. The van der Waals surface area contributed by atoms with Gasteiger partial charge in [-0.25, -0.2) is 8.42 Å². The molecule has 1 amide bonds. The lowest BCUT2D eigenvalue weighted by atomic mass is 10.1. The van der Waals surface area contributed by atoms with E-state index in [0.29, 0.717) is 6.42 Å². The van der Waals surface area contributed by atoms with Crippen molar-refractivity contribution < 1.29 is 13.2 Å². The van der Waals surface area contributed by atoms with Gasteiger partial charge in [-0.1, -0.05) is 0 Å². The van der Waals surface area contributed by atoms with Crippen LogP contribution < -0.4 is 10.2 Å². The molecule has 1 unspecified atom stereocenters. The van der Waals surface area contributed by atoms with Crippen LogP contribution in [0.4, 0.5) is 11.4 Å². The first-order valence-electron chi connectivity index (χ1n) is 7.40. The SMILES string of the molecule is O=C(Nc1ccc(N2CCCC2)cc1)C1CCS(=O)(=O)C1. The first-order valence-corrected chi connectivity index (χ1v) is 9.22. The Morgan fingerprint density at radius 3 is 2.38 bits per heavy atom. The minimum atomic E-state index is -3.02. The van der Waals surface area contributed by atoms with Crippen LogP contribution in [0.3, 0.4) is 0 Å². The van der Waals surface area contributed by atoms with Crippen molar-refractivity contribution in [1.82, 2.24) is 0 Å².